The molecule has 1 N–H and O–H groups in total. The number of hydrogen-bond acceptors (Lipinski definition) is 2. The summed E-state index contributed by atoms with van der Waals surface area (Å²) in [6.07, 6.45) is 7.17. The molecule has 2 heteroatoms. The summed E-state index contributed by atoms with van der Waals surface area (Å²) in [5.74, 6) is 0. The van der Waals surface area contributed by atoms with Crippen LogP contribution in [0.2, 0.25) is 0 Å². The first-order chi connectivity index (χ1) is 7.12. The average molecular weight is 210 g/mol. The molecule has 0 bridgehead atoms. The highest BCUT2D eigenvalue weighted by Gasteiger charge is 2.34. The Morgan fingerprint density at radius 1 is 1.33 bits per heavy atom. The lowest BCUT2D eigenvalue weighted by Crippen LogP contribution is -2.58. The Balaban J connectivity index is 2.63. The van der Waals surface area contributed by atoms with Gasteiger partial charge in [-0.25, -0.2) is 0 Å². The van der Waals surface area contributed by atoms with E-state index in [0.29, 0.717) is 6.04 Å². The first kappa shape index (κ1) is 12.7. The van der Waals surface area contributed by atoms with Crippen molar-refractivity contribution >= 4 is 0 Å². The lowest BCUT2D eigenvalue weighted by Gasteiger charge is -2.45. The minimum Gasteiger partial charge on any atom is -0.315 e. The van der Waals surface area contributed by atoms with E-state index in [2.05, 4.69) is 37.7 Å². The van der Waals surface area contributed by atoms with Gasteiger partial charge in [-0.2, -0.15) is 0 Å². The number of rotatable bonds is 5. The molecule has 15 heavy (non-hydrogen) atoms. The number of nitrogens with zero attached hydrogens (tertiary/aromatic N) is 1. The minimum absolute atomic E-state index is 0.239. The zero-order valence-corrected chi connectivity index (χ0v) is 10.6. The van der Waals surface area contributed by atoms with Crippen LogP contribution in [-0.4, -0.2) is 36.6 Å². The van der Waals surface area contributed by atoms with Crippen LogP contribution in [-0.2, 0) is 0 Å². The normalized spacial score (nSPS) is 21.3. The fourth-order valence-electron chi connectivity index (χ4n) is 2.62. The van der Waals surface area contributed by atoms with E-state index >= 15 is 0 Å². The van der Waals surface area contributed by atoms with Crippen LogP contribution in [0, 0.1) is 0 Å². The molecule has 0 spiro atoms. The zero-order valence-electron chi connectivity index (χ0n) is 10.6. The monoisotopic (exact) mass is 210 g/mol. The smallest absolute Gasteiger partial charge is 0.0309 e. The predicted octanol–water partition coefficient (Wildman–Crippen LogP) is 2.42. The number of piperidine rings is 1. The lowest BCUT2D eigenvalue weighted by molar-refractivity contribution is 0.0644. The van der Waals surface area contributed by atoms with Gasteiger partial charge in [-0.05, 0) is 53.2 Å². The van der Waals surface area contributed by atoms with Crippen LogP contribution in [0.15, 0.2) is 12.7 Å². The van der Waals surface area contributed by atoms with Crippen LogP contribution >= 0.6 is 0 Å². The topological polar surface area (TPSA) is 15.3 Å². The summed E-state index contributed by atoms with van der Waals surface area (Å²) in [5, 5.41) is 3.43. The first-order valence-corrected chi connectivity index (χ1v) is 6.16. The molecule has 0 amide bonds. The molecule has 1 saturated heterocycles. The second kappa shape index (κ2) is 5.66. The molecule has 1 unspecified atom stereocenters. The molecule has 88 valence electrons. The van der Waals surface area contributed by atoms with E-state index in [0.717, 1.165) is 6.42 Å². The molecule has 0 radical (unpaired) electrons. The van der Waals surface area contributed by atoms with Crippen LogP contribution in [0.3, 0.4) is 0 Å². The number of nitrogens with one attached hydrogen (secondary N) is 1. The van der Waals surface area contributed by atoms with Gasteiger partial charge in [0.15, 0.2) is 0 Å². The van der Waals surface area contributed by atoms with E-state index in [-0.39, 0.29) is 5.54 Å². The van der Waals surface area contributed by atoms with Crippen molar-refractivity contribution in [1.29, 1.82) is 0 Å². The summed E-state index contributed by atoms with van der Waals surface area (Å²) in [6.45, 7) is 11.1. The quantitative estimate of drug-likeness (QED) is 0.701. The summed E-state index contributed by atoms with van der Waals surface area (Å²) < 4.78 is 0. The second-order valence-electron chi connectivity index (χ2n) is 5.07. The fraction of sp³-hybridized carbons (Fsp3) is 0.846. The average Bonchev–Trinajstić information content (AvgIpc) is 2.27. The molecule has 1 aliphatic rings. The van der Waals surface area contributed by atoms with Crippen LogP contribution < -0.4 is 5.32 Å². The maximum atomic E-state index is 3.85. The Labute approximate surface area is 94.7 Å². The van der Waals surface area contributed by atoms with Gasteiger partial charge in [0.05, 0.1) is 0 Å². The van der Waals surface area contributed by atoms with Crippen LogP contribution in [0.25, 0.3) is 0 Å². The van der Waals surface area contributed by atoms with Crippen LogP contribution in [0.4, 0.5) is 0 Å². The third-order valence-electron chi connectivity index (χ3n) is 3.77. The van der Waals surface area contributed by atoms with Gasteiger partial charge in [0.1, 0.15) is 0 Å². The Morgan fingerprint density at radius 3 is 2.40 bits per heavy atom. The molecule has 0 saturated carbocycles. The van der Waals surface area contributed by atoms with E-state index in [1.807, 2.05) is 6.08 Å². The van der Waals surface area contributed by atoms with Crippen molar-refractivity contribution in [3.63, 3.8) is 0 Å². The molecule has 1 atom stereocenters. The Kier molecular flexibility index (Phi) is 4.81. The highest BCUT2D eigenvalue weighted by molar-refractivity contribution is 4.96. The van der Waals surface area contributed by atoms with Gasteiger partial charge in [0, 0.05) is 11.6 Å². The molecule has 0 aromatic rings. The SMILES string of the molecule is C=CCC(NC)C(C)(C)N1CCCCC1. The van der Waals surface area contributed by atoms with E-state index in [1.165, 1.54) is 32.4 Å². The second-order valence-corrected chi connectivity index (χ2v) is 5.07. The maximum Gasteiger partial charge on any atom is 0.0309 e. The Morgan fingerprint density at radius 2 is 1.93 bits per heavy atom. The third-order valence-corrected chi connectivity index (χ3v) is 3.77. The van der Waals surface area contributed by atoms with Crippen molar-refractivity contribution in [2.45, 2.75) is 51.1 Å². The molecule has 1 heterocycles. The molecule has 0 aromatic heterocycles. The van der Waals surface area contributed by atoms with Gasteiger partial charge in [0.25, 0.3) is 0 Å². The highest BCUT2D eigenvalue weighted by Crippen LogP contribution is 2.25. The van der Waals surface area contributed by atoms with E-state index < -0.39 is 0 Å². The largest absolute Gasteiger partial charge is 0.315 e. The first-order valence-electron chi connectivity index (χ1n) is 6.16. The molecule has 0 aliphatic carbocycles. The van der Waals surface area contributed by atoms with Crippen molar-refractivity contribution in [2.24, 2.45) is 0 Å². The van der Waals surface area contributed by atoms with Gasteiger partial charge in [-0.1, -0.05) is 12.5 Å². The van der Waals surface area contributed by atoms with Crippen molar-refractivity contribution in [3.05, 3.63) is 12.7 Å². The summed E-state index contributed by atoms with van der Waals surface area (Å²) in [4.78, 5) is 2.63. The van der Waals surface area contributed by atoms with Crippen LogP contribution in [0.1, 0.15) is 39.5 Å². The number of likely N-dealkylation sites (tertiary alicyclic amines) is 1. The molecule has 1 aliphatic heterocycles. The Bertz CT molecular complexity index is 193. The summed E-state index contributed by atoms with van der Waals surface area (Å²) in [6, 6.07) is 0.507. The zero-order chi connectivity index (χ0) is 11.3. The summed E-state index contributed by atoms with van der Waals surface area (Å²) in [7, 11) is 2.06. The molecular weight excluding hydrogens is 184 g/mol. The van der Waals surface area contributed by atoms with Crippen molar-refractivity contribution in [3.8, 4) is 0 Å². The van der Waals surface area contributed by atoms with Crippen molar-refractivity contribution in [2.75, 3.05) is 20.1 Å². The molecule has 1 fully saturated rings. The van der Waals surface area contributed by atoms with Crippen molar-refractivity contribution < 1.29 is 0 Å². The van der Waals surface area contributed by atoms with E-state index in [9.17, 15) is 0 Å². The van der Waals surface area contributed by atoms with Gasteiger partial charge in [-0.15, -0.1) is 6.58 Å². The maximum absolute atomic E-state index is 3.85. The highest BCUT2D eigenvalue weighted by atomic mass is 15.2. The number of hydrogen-bond donors (Lipinski definition) is 1. The number of likely N-dealkylation sites (N-methyl/N-ethyl adjacent to an activating group) is 1. The molecular formula is C13H26N2. The van der Waals surface area contributed by atoms with E-state index in [1.54, 1.807) is 0 Å². The van der Waals surface area contributed by atoms with Crippen LogP contribution in [0.5, 0.6) is 0 Å². The van der Waals surface area contributed by atoms with E-state index in [4.69, 9.17) is 0 Å². The molecule has 1 rings (SSSR count). The summed E-state index contributed by atoms with van der Waals surface area (Å²) in [5.41, 5.74) is 0.239. The predicted molar refractivity (Wildman–Crippen MR) is 67.2 cm³/mol. The van der Waals surface area contributed by atoms with Gasteiger partial charge in [0.2, 0.25) is 0 Å². The lowest BCUT2D eigenvalue weighted by atomic mass is 9.88. The Hall–Kier alpha value is -0.340. The standard InChI is InChI=1S/C13H26N2/c1-5-9-12(14-4)13(2,3)15-10-7-6-8-11-15/h5,12,14H,1,6-11H2,2-4H3. The van der Waals surface area contributed by atoms with Gasteiger partial charge >= 0.3 is 0 Å². The van der Waals surface area contributed by atoms with Gasteiger partial charge < -0.3 is 5.32 Å². The summed E-state index contributed by atoms with van der Waals surface area (Å²) >= 11 is 0. The third kappa shape index (κ3) is 3.05. The minimum atomic E-state index is 0.239. The van der Waals surface area contributed by atoms with Gasteiger partial charge in [-0.3, -0.25) is 4.90 Å². The fourth-order valence-corrected chi connectivity index (χ4v) is 2.62. The molecule has 2 nitrogen and oxygen atoms in total. The van der Waals surface area contributed by atoms with Crippen molar-refractivity contribution in [1.82, 2.24) is 10.2 Å². The molecule has 0 aromatic carbocycles.